The van der Waals surface area contributed by atoms with E-state index in [1.807, 2.05) is 0 Å². The third-order valence-electron chi connectivity index (χ3n) is 5.96. The Balaban J connectivity index is 1.86. The largest absolute Gasteiger partial charge is 0.451 e. The summed E-state index contributed by atoms with van der Waals surface area (Å²) in [6.45, 7) is 0.596. The summed E-state index contributed by atoms with van der Waals surface area (Å²) in [5, 5.41) is 1.34. The molecule has 14 heteroatoms. The number of hydrogen-bond acceptors (Lipinski definition) is 6. The Morgan fingerprint density at radius 2 is 1.64 bits per heavy atom. The smallest absolute Gasteiger partial charge is 0.384 e. The third kappa shape index (κ3) is 5.37. The molecule has 0 bridgehead atoms. The Kier molecular flexibility index (Phi) is 7.35. The molecular weight excluding hydrogens is 516 g/mol. The van der Waals surface area contributed by atoms with Crippen LogP contribution in [0, 0.1) is 5.92 Å². The van der Waals surface area contributed by atoms with Crippen molar-refractivity contribution in [2.24, 2.45) is 5.92 Å². The quantitative estimate of drug-likeness (QED) is 0.404. The second-order valence-corrected chi connectivity index (χ2v) is 8.89. The number of fused-ring (bicyclic) bond motifs is 3. The number of H-pyrrole nitrogens is 1. The van der Waals surface area contributed by atoms with Gasteiger partial charge >= 0.3 is 12.4 Å². The van der Waals surface area contributed by atoms with Crippen LogP contribution in [-0.2, 0) is 28.2 Å². The minimum atomic E-state index is -5.19. The molecule has 0 saturated heterocycles. The maximum absolute atomic E-state index is 13.4. The molecule has 1 aliphatic heterocycles. The first-order valence-electron chi connectivity index (χ1n) is 10.9. The van der Waals surface area contributed by atoms with Gasteiger partial charge in [0.25, 0.3) is 0 Å². The number of aromatic amines is 1. The van der Waals surface area contributed by atoms with Crippen molar-refractivity contribution in [3.05, 3.63) is 46.1 Å². The molecule has 3 aromatic rings. The zero-order valence-electron chi connectivity index (χ0n) is 19.2. The van der Waals surface area contributed by atoms with Gasteiger partial charge in [-0.05, 0) is 36.6 Å². The summed E-state index contributed by atoms with van der Waals surface area (Å²) in [4.78, 5) is 14.1. The van der Waals surface area contributed by atoms with Crippen LogP contribution < -0.4 is 4.90 Å². The number of alkyl halides is 6. The number of aromatic nitrogens is 4. The highest BCUT2D eigenvalue weighted by Gasteiger charge is 2.43. The van der Waals surface area contributed by atoms with E-state index >= 15 is 0 Å². The molecule has 3 heterocycles. The van der Waals surface area contributed by atoms with Gasteiger partial charge in [0.2, 0.25) is 17.6 Å². The van der Waals surface area contributed by atoms with Gasteiger partial charge in [0, 0.05) is 48.3 Å². The van der Waals surface area contributed by atoms with Gasteiger partial charge in [-0.2, -0.15) is 36.3 Å². The number of halogens is 7. The zero-order valence-corrected chi connectivity index (χ0v) is 19.9. The number of anilines is 1. The predicted molar refractivity (Wildman–Crippen MR) is 119 cm³/mol. The average Bonchev–Trinajstić information content (AvgIpc) is 3.16. The molecule has 0 spiro atoms. The maximum atomic E-state index is 13.4. The third-order valence-corrected chi connectivity index (χ3v) is 6.20. The number of hydrogen-bond donors (Lipinski definition) is 1. The topological polar surface area (TPSA) is 76.2 Å². The van der Waals surface area contributed by atoms with Crippen molar-refractivity contribution in [2.45, 2.75) is 31.2 Å². The summed E-state index contributed by atoms with van der Waals surface area (Å²) in [5.74, 6) is -4.73. The number of nitrogens with one attached hydrogen (secondary N) is 1. The lowest BCUT2D eigenvalue weighted by Crippen LogP contribution is -2.39. The van der Waals surface area contributed by atoms with E-state index in [4.69, 9.17) is 21.1 Å². The molecule has 0 saturated carbocycles. The van der Waals surface area contributed by atoms with Crippen molar-refractivity contribution < 1.29 is 35.8 Å². The van der Waals surface area contributed by atoms with Gasteiger partial charge in [-0.15, -0.1) is 0 Å². The number of methoxy groups -OCH3 is 2. The van der Waals surface area contributed by atoms with Crippen molar-refractivity contribution in [1.29, 1.82) is 0 Å². The summed E-state index contributed by atoms with van der Waals surface area (Å²) in [6.07, 6.45) is -9.79. The number of benzene rings is 1. The summed E-state index contributed by atoms with van der Waals surface area (Å²) in [7, 11) is 2.99. The first-order valence-corrected chi connectivity index (χ1v) is 11.2. The van der Waals surface area contributed by atoms with Gasteiger partial charge in [0.1, 0.15) is 0 Å². The lowest BCUT2D eigenvalue weighted by Gasteiger charge is -2.37. The van der Waals surface area contributed by atoms with E-state index in [0.717, 1.165) is 16.5 Å². The molecule has 1 unspecified atom stereocenters. The van der Waals surface area contributed by atoms with Crippen molar-refractivity contribution in [3.8, 4) is 0 Å². The summed E-state index contributed by atoms with van der Waals surface area (Å²) < 4.78 is 91.2. The van der Waals surface area contributed by atoms with Crippen molar-refractivity contribution in [3.63, 3.8) is 0 Å². The van der Waals surface area contributed by atoms with Crippen LogP contribution in [0.25, 0.3) is 10.9 Å². The Bertz CT molecular complexity index is 1190. The maximum Gasteiger partial charge on any atom is 0.451 e. The molecule has 2 aromatic heterocycles. The van der Waals surface area contributed by atoms with Crippen LogP contribution in [0.5, 0.6) is 0 Å². The molecular formula is C22H22ClF6N5O2. The molecule has 0 amide bonds. The Morgan fingerprint density at radius 1 is 1.03 bits per heavy atom. The van der Waals surface area contributed by atoms with Crippen molar-refractivity contribution in [1.82, 2.24) is 19.9 Å². The minimum Gasteiger partial charge on any atom is -0.384 e. The standard InChI is InChI=1S/C22H22ClF6N5O2/c1-35-9-11(10-36-2)7-16-17-13(14-8-12(23)3-4-15(14)30-17)5-6-34(16)20-32-18(21(24,25)26)31-19(33-20)22(27,28)29/h3-4,8,11,16,30H,5-7,9-10H2,1-2H3. The highest BCUT2D eigenvalue weighted by atomic mass is 35.5. The lowest BCUT2D eigenvalue weighted by atomic mass is 9.91. The fourth-order valence-corrected chi connectivity index (χ4v) is 4.71. The van der Waals surface area contributed by atoms with E-state index in [9.17, 15) is 26.3 Å². The molecule has 7 nitrogen and oxygen atoms in total. The first-order chi connectivity index (χ1) is 16.9. The average molecular weight is 538 g/mol. The molecule has 196 valence electrons. The summed E-state index contributed by atoms with van der Waals surface area (Å²) >= 11 is 6.17. The number of nitrogens with zero attached hydrogens (tertiary/aromatic N) is 4. The SMILES string of the molecule is COCC(COC)CC1c2[nH]c3ccc(Cl)cc3c2CCN1c1nc(C(F)(F)F)nc(C(F)(F)F)n1. The second-order valence-electron chi connectivity index (χ2n) is 8.46. The van der Waals surface area contributed by atoms with Crippen LogP contribution in [-0.4, -0.2) is 53.9 Å². The van der Waals surface area contributed by atoms with E-state index in [-0.39, 0.29) is 32.1 Å². The number of ether oxygens (including phenoxy) is 2. The van der Waals surface area contributed by atoms with E-state index in [1.54, 1.807) is 18.2 Å². The Hall–Kier alpha value is -2.64. The highest BCUT2D eigenvalue weighted by Crippen LogP contribution is 2.41. The van der Waals surface area contributed by atoms with Crippen molar-refractivity contribution in [2.75, 3.05) is 38.9 Å². The number of rotatable bonds is 7. The molecule has 0 fully saturated rings. The van der Waals surface area contributed by atoms with Gasteiger partial charge in [-0.3, -0.25) is 0 Å². The fraction of sp³-hybridized carbons (Fsp3) is 0.500. The minimum absolute atomic E-state index is 0.0719. The van der Waals surface area contributed by atoms with E-state index < -0.39 is 36.0 Å². The molecule has 0 radical (unpaired) electrons. The van der Waals surface area contributed by atoms with Crippen LogP contribution >= 0.6 is 11.6 Å². The summed E-state index contributed by atoms with van der Waals surface area (Å²) in [6, 6.07) is 4.53. The summed E-state index contributed by atoms with van der Waals surface area (Å²) in [5.41, 5.74) is 2.26. The molecule has 0 aliphatic carbocycles. The monoisotopic (exact) mass is 537 g/mol. The lowest BCUT2D eigenvalue weighted by molar-refractivity contribution is -0.155. The van der Waals surface area contributed by atoms with Crippen LogP contribution in [0.15, 0.2) is 18.2 Å². The van der Waals surface area contributed by atoms with Crippen LogP contribution in [0.4, 0.5) is 32.3 Å². The molecule has 36 heavy (non-hydrogen) atoms. The highest BCUT2D eigenvalue weighted by molar-refractivity contribution is 6.31. The Morgan fingerprint density at radius 3 is 2.19 bits per heavy atom. The van der Waals surface area contributed by atoms with Gasteiger partial charge in [-0.25, -0.2) is 4.98 Å². The molecule has 4 rings (SSSR count). The van der Waals surface area contributed by atoms with Gasteiger partial charge in [0.05, 0.1) is 19.3 Å². The molecule has 1 aromatic carbocycles. The van der Waals surface area contributed by atoms with Gasteiger partial charge in [-0.1, -0.05) is 11.6 Å². The van der Waals surface area contributed by atoms with Gasteiger partial charge in [0.15, 0.2) is 0 Å². The fourth-order valence-electron chi connectivity index (χ4n) is 4.54. The van der Waals surface area contributed by atoms with Crippen LogP contribution in [0.2, 0.25) is 5.02 Å². The van der Waals surface area contributed by atoms with Crippen molar-refractivity contribution >= 4 is 28.5 Å². The van der Waals surface area contributed by atoms with E-state index in [1.165, 1.54) is 19.1 Å². The van der Waals surface area contributed by atoms with Crippen LogP contribution in [0.1, 0.15) is 35.4 Å². The molecule has 1 aliphatic rings. The van der Waals surface area contributed by atoms with Crippen LogP contribution in [0.3, 0.4) is 0 Å². The Labute approximate surface area is 206 Å². The van der Waals surface area contributed by atoms with E-state index in [2.05, 4.69) is 19.9 Å². The van der Waals surface area contributed by atoms with Gasteiger partial charge < -0.3 is 19.4 Å². The first kappa shape index (κ1) is 26.4. The van der Waals surface area contributed by atoms with E-state index in [0.29, 0.717) is 17.1 Å². The molecule has 1 N–H and O–H groups in total. The predicted octanol–water partition coefficient (Wildman–Crippen LogP) is 5.45. The zero-order chi connectivity index (χ0) is 26.3. The normalized spacial score (nSPS) is 16.7. The second kappa shape index (κ2) is 10.0. The molecule has 1 atom stereocenters.